The average Bonchev–Trinajstić information content (AvgIpc) is 2.64. The van der Waals surface area contributed by atoms with Gasteiger partial charge in [-0.05, 0) is 19.3 Å². The zero-order valence-electron chi connectivity index (χ0n) is 7.99. The first kappa shape index (κ1) is 11.0. The van der Waals surface area contributed by atoms with E-state index in [0.717, 1.165) is 12.8 Å². The number of amides is 1. The minimum Gasteiger partial charge on any atom is -0.481 e. The van der Waals surface area contributed by atoms with E-state index in [1.165, 1.54) is 0 Å². The van der Waals surface area contributed by atoms with Crippen LogP contribution < -0.4 is 5.32 Å². The van der Waals surface area contributed by atoms with Crippen LogP contribution in [0, 0.1) is 0 Å². The van der Waals surface area contributed by atoms with Crippen molar-refractivity contribution in [2.75, 3.05) is 13.2 Å². The number of hydrogen-bond donors (Lipinski definition) is 2. The number of hydrogen-bond acceptors (Lipinski definition) is 3. The van der Waals surface area contributed by atoms with Gasteiger partial charge in [-0.2, -0.15) is 0 Å². The van der Waals surface area contributed by atoms with Gasteiger partial charge in [0.25, 0.3) is 0 Å². The summed E-state index contributed by atoms with van der Waals surface area (Å²) in [6.07, 6.45) is 1.93. The summed E-state index contributed by atoms with van der Waals surface area (Å²) in [4.78, 5) is 21.5. The van der Waals surface area contributed by atoms with Gasteiger partial charge in [-0.1, -0.05) is 0 Å². The van der Waals surface area contributed by atoms with Crippen molar-refractivity contribution in [1.82, 2.24) is 5.32 Å². The summed E-state index contributed by atoms with van der Waals surface area (Å²) in [7, 11) is 0. The van der Waals surface area contributed by atoms with E-state index in [9.17, 15) is 9.59 Å². The van der Waals surface area contributed by atoms with Crippen molar-refractivity contribution in [3.05, 3.63) is 0 Å². The number of rotatable bonds is 5. The van der Waals surface area contributed by atoms with E-state index in [1.54, 1.807) is 0 Å². The highest BCUT2D eigenvalue weighted by molar-refractivity contribution is 5.80. The van der Waals surface area contributed by atoms with Crippen molar-refractivity contribution < 1.29 is 19.4 Å². The number of carboxylic acids is 1. The Morgan fingerprint density at radius 2 is 2.29 bits per heavy atom. The molecular formula is C9H15NO4. The van der Waals surface area contributed by atoms with E-state index in [2.05, 4.69) is 5.32 Å². The highest BCUT2D eigenvalue weighted by atomic mass is 16.5. The maximum atomic E-state index is 11.3. The molecule has 0 unspecified atom stereocenters. The van der Waals surface area contributed by atoms with Crippen LogP contribution in [0.4, 0.5) is 0 Å². The first-order valence-electron chi connectivity index (χ1n) is 4.81. The Morgan fingerprint density at radius 3 is 2.86 bits per heavy atom. The van der Waals surface area contributed by atoms with Crippen molar-refractivity contribution in [1.29, 1.82) is 0 Å². The summed E-state index contributed by atoms with van der Waals surface area (Å²) in [5, 5.41) is 11.0. The van der Waals surface area contributed by atoms with Crippen molar-refractivity contribution in [3.63, 3.8) is 0 Å². The third-order valence-electron chi connectivity index (χ3n) is 2.09. The normalized spacial score (nSPS) is 20.7. The molecule has 2 N–H and O–H groups in total. The van der Waals surface area contributed by atoms with Gasteiger partial charge in [0.15, 0.2) is 0 Å². The number of aliphatic carboxylic acids is 1. The summed E-state index contributed by atoms with van der Waals surface area (Å²) in [5.41, 5.74) is 0. The minimum atomic E-state index is -0.837. The molecule has 0 aromatic heterocycles. The first-order chi connectivity index (χ1) is 6.70. The van der Waals surface area contributed by atoms with Crippen LogP contribution in [0.15, 0.2) is 0 Å². The lowest BCUT2D eigenvalue weighted by molar-refractivity contribution is -0.137. The van der Waals surface area contributed by atoms with E-state index >= 15 is 0 Å². The Morgan fingerprint density at radius 1 is 1.50 bits per heavy atom. The predicted octanol–water partition coefficient (Wildman–Crippen LogP) is 0.146. The number of carboxylic acid groups (broad SMARTS) is 1. The fourth-order valence-corrected chi connectivity index (χ4v) is 1.35. The van der Waals surface area contributed by atoms with Crippen LogP contribution in [0.3, 0.4) is 0 Å². The number of nitrogens with one attached hydrogen (secondary N) is 1. The SMILES string of the molecule is O=C(O)CCCNC(=O)[C@@H]1CCCO1. The zero-order chi connectivity index (χ0) is 10.4. The van der Waals surface area contributed by atoms with Gasteiger partial charge < -0.3 is 15.2 Å². The number of ether oxygens (including phenoxy) is 1. The summed E-state index contributed by atoms with van der Waals surface area (Å²) < 4.78 is 5.16. The Balaban J connectivity index is 2.05. The third kappa shape index (κ3) is 3.74. The molecule has 0 aromatic rings. The second-order valence-electron chi connectivity index (χ2n) is 3.29. The third-order valence-corrected chi connectivity index (χ3v) is 2.09. The molecule has 1 aliphatic rings. The monoisotopic (exact) mass is 201 g/mol. The molecule has 1 fully saturated rings. The quantitative estimate of drug-likeness (QED) is 0.621. The molecule has 0 aliphatic carbocycles. The highest BCUT2D eigenvalue weighted by Crippen LogP contribution is 2.11. The van der Waals surface area contributed by atoms with E-state index in [4.69, 9.17) is 9.84 Å². The van der Waals surface area contributed by atoms with Crippen molar-refractivity contribution >= 4 is 11.9 Å². The molecular weight excluding hydrogens is 186 g/mol. The lowest BCUT2D eigenvalue weighted by Gasteiger charge is -2.09. The predicted molar refractivity (Wildman–Crippen MR) is 48.9 cm³/mol. The van der Waals surface area contributed by atoms with Gasteiger partial charge in [0.1, 0.15) is 6.10 Å². The standard InChI is InChI=1S/C9H15NO4/c11-8(12)4-1-5-10-9(13)7-3-2-6-14-7/h7H,1-6H2,(H,10,13)(H,11,12)/t7-/m0/s1. The Bertz CT molecular complexity index is 211. The fraction of sp³-hybridized carbons (Fsp3) is 0.778. The molecule has 1 aliphatic heterocycles. The molecule has 5 nitrogen and oxygen atoms in total. The second-order valence-corrected chi connectivity index (χ2v) is 3.29. The summed E-state index contributed by atoms with van der Waals surface area (Å²) >= 11 is 0. The van der Waals surface area contributed by atoms with Crippen molar-refractivity contribution in [3.8, 4) is 0 Å². The van der Waals surface area contributed by atoms with Crippen LogP contribution in [0.5, 0.6) is 0 Å². The molecule has 0 radical (unpaired) electrons. The Hall–Kier alpha value is -1.10. The van der Waals surface area contributed by atoms with E-state index < -0.39 is 5.97 Å². The highest BCUT2D eigenvalue weighted by Gasteiger charge is 2.22. The summed E-state index contributed by atoms with van der Waals surface area (Å²) in [5.74, 6) is -0.954. The molecule has 14 heavy (non-hydrogen) atoms. The molecule has 1 heterocycles. The Labute approximate surface area is 82.4 Å². The average molecular weight is 201 g/mol. The first-order valence-corrected chi connectivity index (χ1v) is 4.81. The van der Waals surface area contributed by atoms with E-state index in [-0.39, 0.29) is 18.4 Å². The topological polar surface area (TPSA) is 75.6 Å². The molecule has 1 amide bonds. The van der Waals surface area contributed by atoms with Crippen LogP contribution >= 0.6 is 0 Å². The molecule has 5 heteroatoms. The molecule has 0 spiro atoms. The Kier molecular flexibility index (Phi) is 4.39. The molecule has 1 atom stereocenters. The number of carbonyl (C=O) groups excluding carboxylic acids is 1. The van der Waals surface area contributed by atoms with Gasteiger partial charge in [0, 0.05) is 19.6 Å². The lowest BCUT2D eigenvalue weighted by atomic mass is 10.2. The molecule has 1 rings (SSSR count). The van der Waals surface area contributed by atoms with Crippen LogP contribution in [-0.2, 0) is 14.3 Å². The maximum Gasteiger partial charge on any atom is 0.303 e. The molecule has 80 valence electrons. The lowest BCUT2D eigenvalue weighted by Crippen LogP contribution is -2.34. The molecule has 1 saturated heterocycles. The van der Waals surface area contributed by atoms with Crippen LogP contribution in [0.25, 0.3) is 0 Å². The van der Waals surface area contributed by atoms with Crippen molar-refractivity contribution in [2.45, 2.75) is 31.8 Å². The molecule has 0 aromatic carbocycles. The van der Waals surface area contributed by atoms with E-state index in [1.807, 2.05) is 0 Å². The van der Waals surface area contributed by atoms with Gasteiger partial charge in [0.05, 0.1) is 0 Å². The van der Waals surface area contributed by atoms with Gasteiger partial charge in [-0.15, -0.1) is 0 Å². The van der Waals surface area contributed by atoms with Gasteiger partial charge in [-0.3, -0.25) is 9.59 Å². The maximum absolute atomic E-state index is 11.3. The smallest absolute Gasteiger partial charge is 0.303 e. The molecule has 0 bridgehead atoms. The summed E-state index contributed by atoms with van der Waals surface area (Å²) in [6.45, 7) is 1.05. The van der Waals surface area contributed by atoms with Crippen LogP contribution in [0.2, 0.25) is 0 Å². The molecule has 0 saturated carbocycles. The second kappa shape index (κ2) is 5.59. The van der Waals surface area contributed by atoms with Gasteiger partial charge in [0.2, 0.25) is 5.91 Å². The van der Waals surface area contributed by atoms with Gasteiger partial charge in [-0.25, -0.2) is 0 Å². The largest absolute Gasteiger partial charge is 0.481 e. The van der Waals surface area contributed by atoms with Crippen LogP contribution in [0.1, 0.15) is 25.7 Å². The van der Waals surface area contributed by atoms with Crippen molar-refractivity contribution in [2.24, 2.45) is 0 Å². The zero-order valence-corrected chi connectivity index (χ0v) is 7.99. The fourth-order valence-electron chi connectivity index (χ4n) is 1.35. The van der Waals surface area contributed by atoms with Gasteiger partial charge >= 0.3 is 5.97 Å². The van der Waals surface area contributed by atoms with Crippen LogP contribution in [-0.4, -0.2) is 36.2 Å². The number of carbonyl (C=O) groups is 2. The summed E-state index contributed by atoms with van der Waals surface area (Å²) in [6, 6.07) is 0. The minimum absolute atomic E-state index is 0.0891. The van der Waals surface area contributed by atoms with E-state index in [0.29, 0.717) is 19.6 Å².